The Morgan fingerprint density at radius 1 is 1.58 bits per heavy atom. The third-order valence-electron chi connectivity index (χ3n) is 2.68. The van der Waals surface area contributed by atoms with Crippen molar-refractivity contribution in [1.29, 1.82) is 0 Å². The lowest BCUT2D eigenvalue weighted by Crippen LogP contribution is -2.42. The van der Waals surface area contributed by atoms with Gasteiger partial charge in [0.05, 0.1) is 24.5 Å². The van der Waals surface area contributed by atoms with Crippen LogP contribution in [0.25, 0.3) is 0 Å². The molecule has 0 spiro atoms. The minimum absolute atomic E-state index is 0.0165. The van der Waals surface area contributed by atoms with Crippen LogP contribution in [0.1, 0.15) is 12.8 Å². The molecule has 1 atom stereocenters. The summed E-state index contributed by atoms with van der Waals surface area (Å²) < 4.78 is 6.49. The number of carbonyl (C=O) groups is 2. The van der Waals surface area contributed by atoms with E-state index in [1.165, 1.54) is 17.1 Å². The average molecular weight is 268 g/mol. The van der Waals surface area contributed by atoms with Crippen LogP contribution in [0.15, 0.2) is 12.4 Å². The van der Waals surface area contributed by atoms with Crippen molar-refractivity contribution < 1.29 is 19.4 Å². The molecule has 1 aromatic heterocycles. The largest absolute Gasteiger partial charge is 0.480 e. The van der Waals surface area contributed by atoms with Gasteiger partial charge >= 0.3 is 12.0 Å². The maximum Gasteiger partial charge on any atom is 0.325 e. The molecule has 2 amide bonds. The molecule has 0 aliphatic carbocycles. The number of hydrogen-bond acceptors (Lipinski definition) is 4. The summed E-state index contributed by atoms with van der Waals surface area (Å²) in [5.41, 5.74) is 0.454. The summed E-state index contributed by atoms with van der Waals surface area (Å²) in [6, 6.07) is -0.326. The first-order valence-electron chi connectivity index (χ1n) is 6.03. The van der Waals surface area contributed by atoms with Crippen LogP contribution in [0.5, 0.6) is 0 Å². The van der Waals surface area contributed by atoms with Crippen LogP contribution in [0.2, 0.25) is 0 Å². The van der Waals surface area contributed by atoms with E-state index >= 15 is 0 Å². The summed E-state index contributed by atoms with van der Waals surface area (Å²) in [4.78, 5) is 22.2. The van der Waals surface area contributed by atoms with E-state index in [1.807, 2.05) is 0 Å². The number of ether oxygens (including phenoxy) is 1. The van der Waals surface area contributed by atoms with Crippen molar-refractivity contribution in [3.8, 4) is 0 Å². The third kappa shape index (κ3) is 4.25. The molecule has 19 heavy (non-hydrogen) atoms. The van der Waals surface area contributed by atoms with Gasteiger partial charge in [0, 0.05) is 12.8 Å². The van der Waals surface area contributed by atoms with Crippen molar-refractivity contribution in [3.05, 3.63) is 12.4 Å². The molecule has 1 aliphatic heterocycles. The normalized spacial score (nSPS) is 18.8. The van der Waals surface area contributed by atoms with Crippen LogP contribution in [0.4, 0.5) is 10.5 Å². The molecule has 2 rings (SSSR count). The number of hydrogen-bond donors (Lipinski definition) is 3. The fourth-order valence-corrected chi connectivity index (χ4v) is 1.86. The summed E-state index contributed by atoms with van der Waals surface area (Å²) in [6.07, 6.45) is 4.69. The Balaban J connectivity index is 1.81. The van der Waals surface area contributed by atoms with E-state index in [-0.39, 0.29) is 18.6 Å². The lowest BCUT2D eigenvalue weighted by atomic mass is 10.1. The lowest BCUT2D eigenvalue weighted by Gasteiger charge is -2.22. The molecule has 0 saturated carbocycles. The summed E-state index contributed by atoms with van der Waals surface area (Å²) >= 11 is 0. The van der Waals surface area contributed by atoms with Gasteiger partial charge in [0.1, 0.15) is 6.54 Å². The first-order chi connectivity index (χ1) is 9.13. The van der Waals surface area contributed by atoms with Gasteiger partial charge < -0.3 is 20.5 Å². The van der Waals surface area contributed by atoms with Crippen LogP contribution in [-0.2, 0) is 16.1 Å². The van der Waals surface area contributed by atoms with E-state index in [1.54, 1.807) is 0 Å². The summed E-state index contributed by atoms with van der Waals surface area (Å²) in [6.45, 7) is 1.02. The monoisotopic (exact) mass is 268 g/mol. The number of aliphatic carboxylic acids is 1. The van der Waals surface area contributed by atoms with E-state index in [2.05, 4.69) is 15.7 Å². The second kappa shape index (κ2) is 6.19. The number of anilines is 1. The molecule has 1 fully saturated rings. The van der Waals surface area contributed by atoms with Gasteiger partial charge in [0.15, 0.2) is 0 Å². The number of aromatic nitrogens is 2. The molecule has 0 aromatic carbocycles. The molecule has 0 bridgehead atoms. The highest BCUT2D eigenvalue weighted by atomic mass is 16.5. The number of nitrogens with one attached hydrogen (secondary N) is 2. The van der Waals surface area contributed by atoms with Crippen molar-refractivity contribution in [2.24, 2.45) is 0 Å². The van der Waals surface area contributed by atoms with Crippen LogP contribution < -0.4 is 10.6 Å². The SMILES string of the molecule is O=C(O)Cn1cc(NC(=O)NC2CCCOC2)cn1. The molecule has 1 unspecified atom stereocenters. The molecule has 1 saturated heterocycles. The number of carboxylic acid groups (broad SMARTS) is 1. The quantitative estimate of drug-likeness (QED) is 0.726. The number of urea groups is 1. The van der Waals surface area contributed by atoms with E-state index < -0.39 is 5.97 Å². The topological polar surface area (TPSA) is 105 Å². The minimum atomic E-state index is -0.988. The van der Waals surface area contributed by atoms with Gasteiger partial charge in [0.2, 0.25) is 0 Å². The highest BCUT2D eigenvalue weighted by Crippen LogP contribution is 2.07. The van der Waals surface area contributed by atoms with E-state index in [4.69, 9.17) is 9.84 Å². The Hall–Kier alpha value is -2.09. The van der Waals surface area contributed by atoms with Crippen LogP contribution >= 0.6 is 0 Å². The second-order valence-electron chi connectivity index (χ2n) is 4.33. The van der Waals surface area contributed by atoms with E-state index in [0.29, 0.717) is 12.3 Å². The Kier molecular flexibility index (Phi) is 4.35. The van der Waals surface area contributed by atoms with Crippen LogP contribution in [0, 0.1) is 0 Å². The van der Waals surface area contributed by atoms with Gasteiger partial charge in [0.25, 0.3) is 0 Å². The van der Waals surface area contributed by atoms with E-state index in [9.17, 15) is 9.59 Å². The predicted octanol–water partition coefficient (Wildman–Crippen LogP) is 0.268. The molecule has 104 valence electrons. The summed E-state index contributed by atoms with van der Waals surface area (Å²) in [7, 11) is 0. The van der Waals surface area contributed by atoms with Gasteiger partial charge in [-0.25, -0.2) is 4.79 Å². The maximum atomic E-state index is 11.7. The number of nitrogens with zero attached hydrogens (tertiary/aromatic N) is 2. The van der Waals surface area contributed by atoms with Crippen molar-refractivity contribution in [3.63, 3.8) is 0 Å². The van der Waals surface area contributed by atoms with Crippen molar-refractivity contribution >= 4 is 17.7 Å². The van der Waals surface area contributed by atoms with E-state index in [0.717, 1.165) is 19.4 Å². The molecule has 8 nitrogen and oxygen atoms in total. The van der Waals surface area contributed by atoms with Gasteiger partial charge in [-0.1, -0.05) is 0 Å². The Bertz CT molecular complexity index is 453. The number of carboxylic acids is 1. The molecule has 1 aliphatic rings. The molecule has 2 heterocycles. The Labute approximate surface area is 109 Å². The lowest BCUT2D eigenvalue weighted by molar-refractivity contribution is -0.137. The zero-order valence-electron chi connectivity index (χ0n) is 10.3. The Morgan fingerprint density at radius 2 is 2.42 bits per heavy atom. The van der Waals surface area contributed by atoms with Gasteiger partial charge in [-0.15, -0.1) is 0 Å². The minimum Gasteiger partial charge on any atom is -0.480 e. The molecule has 1 aromatic rings. The fourth-order valence-electron chi connectivity index (χ4n) is 1.86. The summed E-state index contributed by atoms with van der Waals surface area (Å²) in [5, 5.41) is 17.8. The number of amides is 2. The third-order valence-corrected chi connectivity index (χ3v) is 2.68. The number of rotatable bonds is 4. The zero-order chi connectivity index (χ0) is 13.7. The van der Waals surface area contributed by atoms with Crippen LogP contribution in [0.3, 0.4) is 0 Å². The van der Waals surface area contributed by atoms with Crippen molar-refractivity contribution in [2.75, 3.05) is 18.5 Å². The van der Waals surface area contributed by atoms with Crippen molar-refractivity contribution in [2.45, 2.75) is 25.4 Å². The Morgan fingerprint density at radius 3 is 3.11 bits per heavy atom. The molecular weight excluding hydrogens is 252 g/mol. The van der Waals surface area contributed by atoms with Gasteiger partial charge in [-0.05, 0) is 12.8 Å². The smallest absolute Gasteiger partial charge is 0.325 e. The zero-order valence-corrected chi connectivity index (χ0v) is 10.3. The average Bonchev–Trinajstić information content (AvgIpc) is 2.76. The fraction of sp³-hybridized carbons (Fsp3) is 0.545. The number of carbonyl (C=O) groups excluding carboxylic acids is 1. The van der Waals surface area contributed by atoms with Crippen LogP contribution in [-0.4, -0.2) is 46.1 Å². The highest BCUT2D eigenvalue weighted by Gasteiger charge is 2.16. The standard InChI is InChI=1S/C11H16N4O4/c16-10(17)6-15-5-9(4-12-15)14-11(18)13-8-2-1-3-19-7-8/h4-5,8H,1-3,6-7H2,(H,16,17)(H2,13,14,18). The molecule has 8 heteroatoms. The van der Waals surface area contributed by atoms with Gasteiger partial charge in [-0.3, -0.25) is 9.48 Å². The maximum absolute atomic E-state index is 11.7. The first kappa shape index (κ1) is 13.3. The van der Waals surface area contributed by atoms with Gasteiger partial charge in [-0.2, -0.15) is 5.10 Å². The second-order valence-corrected chi connectivity index (χ2v) is 4.33. The molecule has 0 radical (unpaired) electrons. The predicted molar refractivity (Wildman–Crippen MR) is 65.9 cm³/mol. The highest BCUT2D eigenvalue weighted by molar-refractivity contribution is 5.89. The summed E-state index contributed by atoms with van der Waals surface area (Å²) in [5.74, 6) is -0.988. The first-order valence-corrected chi connectivity index (χ1v) is 6.03. The molecule has 3 N–H and O–H groups in total. The molecular formula is C11H16N4O4. The van der Waals surface area contributed by atoms with Crippen molar-refractivity contribution in [1.82, 2.24) is 15.1 Å².